The number of ether oxygens (including phenoxy) is 1. The topological polar surface area (TPSA) is 112 Å². The highest BCUT2D eigenvalue weighted by atomic mass is 35.5. The lowest BCUT2D eigenvalue weighted by atomic mass is 10.2. The molecule has 0 bridgehead atoms. The summed E-state index contributed by atoms with van der Waals surface area (Å²) in [4.78, 5) is 20.8. The molecule has 220 valence electrons. The van der Waals surface area contributed by atoms with Crippen molar-refractivity contribution in [3.05, 3.63) is 89.6 Å². The molecule has 11 heteroatoms. The fraction of sp³-hybridized carbons (Fsp3) is 0.250. The van der Waals surface area contributed by atoms with Crippen LogP contribution in [0.2, 0.25) is 5.02 Å². The number of fused-ring (bicyclic) bond motifs is 1. The van der Waals surface area contributed by atoms with Gasteiger partial charge in [0.05, 0.1) is 18.7 Å². The van der Waals surface area contributed by atoms with Crippen molar-refractivity contribution in [3.8, 4) is 0 Å². The maximum atomic E-state index is 6.15. The Hall–Kier alpha value is -4.51. The van der Waals surface area contributed by atoms with E-state index >= 15 is 0 Å². The van der Waals surface area contributed by atoms with E-state index in [2.05, 4.69) is 46.1 Å². The molecule has 6 rings (SSSR count). The van der Waals surface area contributed by atoms with E-state index in [-0.39, 0.29) is 0 Å². The Balaban J connectivity index is 1.15. The molecule has 4 N–H and O–H groups in total. The smallest absolute Gasteiger partial charge is 0.233 e. The number of para-hydroxylation sites is 1. The monoisotopic (exact) mass is 595 g/mol. The van der Waals surface area contributed by atoms with Gasteiger partial charge in [0.1, 0.15) is 0 Å². The highest BCUT2D eigenvalue weighted by molar-refractivity contribution is 6.31. The highest BCUT2D eigenvalue weighted by Gasteiger charge is 2.12. The molecule has 1 aliphatic rings. The van der Waals surface area contributed by atoms with Crippen molar-refractivity contribution >= 4 is 63.1 Å². The number of aryl methyl sites for hydroxylation is 1. The van der Waals surface area contributed by atoms with Gasteiger partial charge < -0.3 is 26.0 Å². The molecule has 3 heterocycles. The molecule has 2 aromatic heterocycles. The predicted molar refractivity (Wildman–Crippen MR) is 174 cm³/mol. The summed E-state index contributed by atoms with van der Waals surface area (Å²) in [5, 5.41) is 15.2. The van der Waals surface area contributed by atoms with E-state index in [1.807, 2.05) is 79.7 Å². The first kappa shape index (κ1) is 28.6. The van der Waals surface area contributed by atoms with E-state index in [1.54, 1.807) is 6.20 Å². The van der Waals surface area contributed by atoms with Crippen LogP contribution < -0.4 is 21.3 Å². The minimum Gasteiger partial charge on any atom is -0.379 e. The maximum absolute atomic E-state index is 6.15. The molecule has 5 aromatic rings. The molecule has 10 nitrogen and oxygen atoms in total. The molecule has 0 saturated carbocycles. The van der Waals surface area contributed by atoms with Gasteiger partial charge in [-0.3, -0.25) is 9.88 Å². The molecular formula is C32H34ClN9O. The van der Waals surface area contributed by atoms with Crippen LogP contribution in [0.5, 0.6) is 0 Å². The zero-order valence-electron chi connectivity index (χ0n) is 24.0. The summed E-state index contributed by atoms with van der Waals surface area (Å²) in [6.07, 6.45) is 2.75. The van der Waals surface area contributed by atoms with Crippen molar-refractivity contribution in [2.45, 2.75) is 13.3 Å². The molecule has 0 unspecified atom stereocenters. The summed E-state index contributed by atoms with van der Waals surface area (Å²) in [7, 11) is 0. The van der Waals surface area contributed by atoms with E-state index in [9.17, 15) is 0 Å². The van der Waals surface area contributed by atoms with E-state index < -0.39 is 0 Å². The van der Waals surface area contributed by atoms with Gasteiger partial charge in [0.15, 0.2) is 0 Å². The fourth-order valence-electron chi connectivity index (χ4n) is 4.88. The average molecular weight is 596 g/mol. The van der Waals surface area contributed by atoms with Crippen molar-refractivity contribution < 1.29 is 4.74 Å². The number of morpholine rings is 1. The second-order valence-corrected chi connectivity index (χ2v) is 10.8. The maximum Gasteiger partial charge on any atom is 0.233 e. The third-order valence-electron chi connectivity index (χ3n) is 7.19. The number of benzene rings is 3. The van der Waals surface area contributed by atoms with Crippen LogP contribution in [0.3, 0.4) is 0 Å². The molecule has 1 fully saturated rings. The number of anilines is 7. The molecule has 0 radical (unpaired) electrons. The van der Waals surface area contributed by atoms with Gasteiger partial charge in [0, 0.05) is 59.0 Å². The quantitative estimate of drug-likeness (QED) is 0.122. The van der Waals surface area contributed by atoms with Crippen LogP contribution in [0, 0.1) is 6.92 Å². The van der Waals surface area contributed by atoms with Crippen molar-refractivity contribution in [1.29, 1.82) is 0 Å². The summed E-state index contributed by atoms with van der Waals surface area (Å²) in [6, 6.07) is 23.7. The lowest BCUT2D eigenvalue weighted by Gasteiger charge is -2.26. The van der Waals surface area contributed by atoms with Gasteiger partial charge in [-0.05, 0) is 80.1 Å². The number of rotatable bonds is 11. The van der Waals surface area contributed by atoms with Crippen LogP contribution in [0.15, 0.2) is 79.0 Å². The third kappa shape index (κ3) is 7.66. The number of nitrogens with zero attached hydrogens (tertiary/aromatic N) is 5. The SMILES string of the molecule is Cc1ccccc1Nc1nc(NCCCN2CCOCC2)nc(Nc2ccc(Nc3ccnc4cc(Cl)ccc34)cc2)n1. The zero-order chi connectivity index (χ0) is 29.4. The number of hydrogen-bond donors (Lipinski definition) is 4. The Morgan fingerprint density at radius 2 is 1.51 bits per heavy atom. The largest absolute Gasteiger partial charge is 0.379 e. The summed E-state index contributed by atoms with van der Waals surface area (Å²) in [5.74, 6) is 1.42. The molecule has 1 aliphatic heterocycles. The van der Waals surface area contributed by atoms with E-state index in [1.165, 1.54) is 0 Å². The molecule has 1 saturated heterocycles. The first-order valence-electron chi connectivity index (χ1n) is 14.4. The van der Waals surface area contributed by atoms with Crippen LogP contribution in [0.4, 0.5) is 40.6 Å². The lowest BCUT2D eigenvalue weighted by molar-refractivity contribution is 0.0378. The van der Waals surface area contributed by atoms with Crippen molar-refractivity contribution in [3.63, 3.8) is 0 Å². The fourth-order valence-corrected chi connectivity index (χ4v) is 5.05. The molecule has 0 spiro atoms. The number of pyridine rings is 1. The number of nitrogens with one attached hydrogen (secondary N) is 4. The molecule has 0 aliphatic carbocycles. The highest BCUT2D eigenvalue weighted by Crippen LogP contribution is 2.28. The third-order valence-corrected chi connectivity index (χ3v) is 7.42. The number of hydrogen-bond acceptors (Lipinski definition) is 10. The standard InChI is InChI=1S/C32H34ClN9O/c1-22-5-2-3-6-27(22)38-32-40-30(35-14-4-16-42-17-19-43-20-18-42)39-31(41-32)37-25-10-8-24(9-11-25)36-28-13-15-34-29-21-23(33)7-12-26(28)29/h2-3,5-13,15,21H,4,14,16-20H2,1H3,(H,34,36)(H3,35,37,38,39,40,41). The van der Waals surface area contributed by atoms with Crippen LogP contribution >= 0.6 is 11.6 Å². The van der Waals surface area contributed by atoms with E-state index in [0.717, 1.165) is 85.0 Å². The van der Waals surface area contributed by atoms with Gasteiger partial charge in [-0.15, -0.1) is 0 Å². The summed E-state index contributed by atoms with van der Waals surface area (Å²) < 4.78 is 5.45. The van der Waals surface area contributed by atoms with Crippen molar-refractivity contribution in [2.24, 2.45) is 0 Å². The van der Waals surface area contributed by atoms with Gasteiger partial charge >= 0.3 is 0 Å². The van der Waals surface area contributed by atoms with Gasteiger partial charge in [-0.2, -0.15) is 15.0 Å². The van der Waals surface area contributed by atoms with E-state index in [4.69, 9.17) is 16.3 Å². The zero-order valence-corrected chi connectivity index (χ0v) is 24.7. The van der Waals surface area contributed by atoms with Gasteiger partial charge in [0.2, 0.25) is 17.8 Å². The van der Waals surface area contributed by atoms with Crippen LogP contribution in [-0.4, -0.2) is 64.2 Å². The summed E-state index contributed by atoms with van der Waals surface area (Å²) in [5.41, 5.74) is 5.63. The first-order chi connectivity index (χ1) is 21.1. The minimum atomic E-state index is 0.444. The average Bonchev–Trinajstić information content (AvgIpc) is 3.02. The molecule has 0 amide bonds. The Morgan fingerprint density at radius 3 is 2.30 bits per heavy atom. The van der Waals surface area contributed by atoms with Gasteiger partial charge in [-0.1, -0.05) is 29.8 Å². The second-order valence-electron chi connectivity index (χ2n) is 10.3. The van der Waals surface area contributed by atoms with Gasteiger partial charge in [-0.25, -0.2) is 0 Å². The lowest BCUT2D eigenvalue weighted by Crippen LogP contribution is -2.37. The minimum absolute atomic E-state index is 0.444. The van der Waals surface area contributed by atoms with Crippen LogP contribution in [0.1, 0.15) is 12.0 Å². The normalized spacial score (nSPS) is 13.5. The number of halogens is 1. The van der Waals surface area contributed by atoms with Crippen LogP contribution in [-0.2, 0) is 4.74 Å². The Labute approximate surface area is 255 Å². The molecule has 43 heavy (non-hydrogen) atoms. The van der Waals surface area contributed by atoms with Crippen molar-refractivity contribution in [1.82, 2.24) is 24.8 Å². The van der Waals surface area contributed by atoms with Crippen molar-refractivity contribution in [2.75, 3.05) is 60.7 Å². The Kier molecular flexibility index (Phi) is 9.07. The molecule has 0 atom stereocenters. The molecule has 3 aromatic carbocycles. The summed E-state index contributed by atoms with van der Waals surface area (Å²) >= 11 is 6.15. The van der Waals surface area contributed by atoms with E-state index in [0.29, 0.717) is 22.9 Å². The predicted octanol–water partition coefficient (Wildman–Crippen LogP) is 6.75. The summed E-state index contributed by atoms with van der Waals surface area (Å²) in [6.45, 7) is 7.37. The Morgan fingerprint density at radius 1 is 0.791 bits per heavy atom. The number of aromatic nitrogens is 4. The first-order valence-corrected chi connectivity index (χ1v) is 14.8. The Bertz CT molecular complexity index is 1680. The van der Waals surface area contributed by atoms with Crippen LogP contribution in [0.25, 0.3) is 10.9 Å². The molecular weight excluding hydrogens is 562 g/mol. The van der Waals surface area contributed by atoms with Gasteiger partial charge in [0.25, 0.3) is 0 Å². The second kappa shape index (κ2) is 13.6.